The Balaban J connectivity index is 1.52. The Morgan fingerprint density at radius 3 is 2.70 bits per heavy atom. The van der Waals surface area contributed by atoms with Crippen LogP contribution in [0.15, 0.2) is 42.9 Å². The van der Waals surface area contributed by atoms with E-state index in [1.807, 2.05) is 0 Å². The van der Waals surface area contributed by atoms with E-state index in [0.717, 1.165) is 0 Å². The second kappa shape index (κ2) is 7.87. The Hall–Kier alpha value is -2.75. The highest BCUT2D eigenvalue weighted by molar-refractivity contribution is 5.94. The van der Waals surface area contributed by atoms with Crippen LogP contribution in [0.2, 0.25) is 0 Å². The molecule has 1 fully saturated rings. The lowest BCUT2D eigenvalue weighted by Gasteiger charge is -2.26. The second-order valence-electron chi connectivity index (χ2n) is 6.55. The number of imidazole rings is 1. The molecule has 0 radical (unpaired) electrons. The molecule has 1 aromatic carbocycles. The number of aliphatic hydroxyl groups excluding tert-OH is 1. The molecule has 9 heteroatoms. The fraction of sp³-hybridized carbons (Fsp3) is 0.389. The summed E-state index contributed by atoms with van der Waals surface area (Å²) < 4.78 is 6.99. The molecule has 4 N–H and O–H groups in total. The highest BCUT2D eigenvalue weighted by Crippen LogP contribution is 2.24. The summed E-state index contributed by atoms with van der Waals surface area (Å²) in [6.07, 6.45) is 0.877. The molecule has 0 aliphatic carbocycles. The summed E-state index contributed by atoms with van der Waals surface area (Å²) in [4.78, 5) is 28.1. The molecule has 0 saturated carbocycles. The third-order valence-corrected chi connectivity index (χ3v) is 4.55. The number of hydrogen-bond acceptors (Lipinski definition) is 6. The standard InChI is InChI=1S/C18H22N4O5/c1-22-11-19-7-13(22)17(25)20-8-14-15(23)18(26,10-27-14)9-21-16(24)12-5-3-2-4-6-12/h2-7,11,14-15,23,26H,8-10H2,1H3,(H,20,25)(H,21,24)/t14-,15-,18+/m1/s1. The smallest absolute Gasteiger partial charge is 0.269 e. The number of hydrogen-bond donors (Lipinski definition) is 4. The number of aryl methyl sites for hydroxylation is 1. The van der Waals surface area contributed by atoms with E-state index in [9.17, 15) is 19.8 Å². The van der Waals surface area contributed by atoms with Gasteiger partial charge in [0.05, 0.1) is 25.7 Å². The Labute approximate surface area is 156 Å². The van der Waals surface area contributed by atoms with Gasteiger partial charge in [-0.05, 0) is 12.1 Å². The number of nitrogens with zero attached hydrogens (tertiary/aromatic N) is 2. The molecular weight excluding hydrogens is 352 g/mol. The van der Waals surface area contributed by atoms with Crippen molar-refractivity contribution in [3.8, 4) is 0 Å². The second-order valence-corrected chi connectivity index (χ2v) is 6.55. The third-order valence-electron chi connectivity index (χ3n) is 4.55. The maximum Gasteiger partial charge on any atom is 0.269 e. The van der Waals surface area contributed by atoms with Gasteiger partial charge in [0, 0.05) is 19.2 Å². The van der Waals surface area contributed by atoms with E-state index in [4.69, 9.17) is 4.74 Å². The number of aliphatic hydroxyl groups is 2. The first-order valence-electron chi connectivity index (χ1n) is 8.50. The first-order valence-corrected chi connectivity index (χ1v) is 8.50. The average Bonchev–Trinajstić information content (AvgIpc) is 3.23. The van der Waals surface area contributed by atoms with Gasteiger partial charge in [-0.3, -0.25) is 9.59 Å². The Morgan fingerprint density at radius 1 is 1.30 bits per heavy atom. The first kappa shape index (κ1) is 19.0. The molecule has 3 atom stereocenters. The first-order chi connectivity index (χ1) is 12.9. The van der Waals surface area contributed by atoms with Crippen molar-refractivity contribution in [3.63, 3.8) is 0 Å². The summed E-state index contributed by atoms with van der Waals surface area (Å²) in [5, 5.41) is 26.2. The minimum Gasteiger partial charge on any atom is -0.387 e. The van der Waals surface area contributed by atoms with Crippen molar-refractivity contribution >= 4 is 11.8 Å². The van der Waals surface area contributed by atoms with Gasteiger partial charge in [0.2, 0.25) is 0 Å². The zero-order chi connectivity index (χ0) is 19.4. The van der Waals surface area contributed by atoms with Crippen LogP contribution in [-0.2, 0) is 11.8 Å². The van der Waals surface area contributed by atoms with Crippen LogP contribution < -0.4 is 10.6 Å². The van der Waals surface area contributed by atoms with E-state index in [-0.39, 0.29) is 31.5 Å². The van der Waals surface area contributed by atoms with Crippen molar-refractivity contribution in [3.05, 3.63) is 54.1 Å². The van der Waals surface area contributed by atoms with Crippen LogP contribution in [0.5, 0.6) is 0 Å². The van der Waals surface area contributed by atoms with Gasteiger partial charge in [-0.1, -0.05) is 18.2 Å². The molecule has 2 aromatic rings. The maximum atomic E-state index is 12.1. The average molecular weight is 374 g/mol. The Bertz CT molecular complexity index is 809. The zero-order valence-electron chi connectivity index (χ0n) is 14.8. The van der Waals surface area contributed by atoms with Crippen LogP contribution in [0.25, 0.3) is 0 Å². The molecule has 9 nitrogen and oxygen atoms in total. The van der Waals surface area contributed by atoms with Crippen LogP contribution in [0, 0.1) is 0 Å². The van der Waals surface area contributed by atoms with E-state index >= 15 is 0 Å². The van der Waals surface area contributed by atoms with E-state index in [2.05, 4.69) is 15.6 Å². The van der Waals surface area contributed by atoms with E-state index < -0.39 is 17.8 Å². The van der Waals surface area contributed by atoms with Crippen molar-refractivity contribution in [2.45, 2.75) is 17.8 Å². The zero-order valence-corrected chi connectivity index (χ0v) is 14.8. The number of aromatic nitrogens is 2. The molecule has 144 valence electrons. The van der Waals surface area contributed by atoms with Gasteiger partial charge in [-0.2, -0.15) is 0 Å². The number of ether oxygens (including phenoxy) is 1. The molecular formula is C18H22N4O5. The lowest BCUT2D eigenvalue weighted by atomic mass is 9.96. The number of carbonyl (C=O) groups excluding carboxylic acids is 2. The summed E-state index contributed by atoms with van der Waals surface area (Å²) in [5.41, 5.74) is -0.811. The fourth-order valence-corrected chi connectivity index (χ4v) is 2.88. The number of amides is 2. The summed E-state index contributed by atoms with van der Waals surface area (Å²) in [6.45, 7) is -0.316. The van der Waals surface area contributed by atoms with Crippen molar-refractivity contribution in [1.82, 2.24) is 20.2 Å². The van der Waals surface area contributed by atoms with Crippen LogP contribution in [0.4, 0.5) is 0 Å². The largest absolute Gasteiger partial charge is 0.387 e. The molecule has 0 spiro atoms. The fourth-order valence-electron chi connectivity index (χ4n) is 2.88. The number of benzene rings is 1. The van der Waals surface area contributed by atoms with Crippen molar-refractivity contribution < 1.29 is 24.5 Å². The maximum absolute atomic E-state index is 12.1. The third kappa shape index (κ3) is 4.16. The van der Waals surface area contributed by atoms with Crippen LogP contribution in [-0.4, -0.2) is 69.1 Å². The molecule has 1 saturated heterocycles. The summed E-state index contributed by atoms with van der Waals surface area (Å²) in [6, 6.07) is 8.56. The Morgan fingerprint density at radius 2 is 2.04 bits per heavy atom. The van der Waals surface area contributed by atoms with Crippen molar-refractivity contribution in [2.24, 2.45) is 7.05 Å². The minimum absolute atomic E-state index is 0.0140. The van der Waals surface area contributed by atoms with Crippen LogP contribution in [0.3, 0.4) is 0 Å². The highest BCUT2D eigenvalue weighted by Gasteiger charge is 2.48. The van der Waals surface area contributed by atoms with Crippen molar-refractivity contribution in [1.29, 1.82) is 0 Å². The molecule has 3 rings (SSSR count). The van der Waals surface area contributed by atoms with Gasteiger partial charge < -0.3 is 30.2 Å². The highest BCUT2D eigenvalue weighted by atomic mass is 16.5. The number of nitrogens with one attached hydrogen (secondary N) is 2. The monoisotopic (exact) mass is 374 g/mol. The van der Waals surface area contributed by atoms with E-state index in [1.165, 1.54) is 12.5 Å². The van der Waals surface area contributed by atoms with Gasteiger partial charge in [0.15, 0.2) is 0 Å². The van der Waals surface area contributed by atoms with Gasteiger partial charge in [-0.25, -0.2) is 4.98 Å². The van der Waals surface area contributed by atoms with Gasteiger partial charge >= 0.3 is 0 Å². The molecule has 27 heavy (non-hydrogen) atoms. The molecule has 1 aromatic heterocycles. The SMILES string of the molecule is Cn1cncc1C(=O)NC[C@H]1OC[C@@](O)(CNC(=O)c2ccccc2)[C@@H]1O. The van der Waals surface area contributed by atoms with Crippen molar-refractivity contribution in [2.75, 3.05) is 19.7 Å². The predicted octanol–water partition coefficient (Wildman–Crippen LogP) is -0.929. The molecule has 0 bridgehead atoms. The van der Waals surface area contributed by atoms with Crippen LogP contribution >= 0.6 is 0 Å². The topological polar surface area (TPSA) is 126 Å². The lowest BCUT2D eigenvalue weighted by molar-refractivity contribution is -0.0464. The normalized spacial score (nSPS) is 24.6. The molecule has 0 unspecified atom stereocenters. The summed E-state index contributed by atoms with van der Waals surface area (Å²) in [5.74, 6) is -0.720. The van der Waals surface area contributed by atoms with E-state index in [1.54, 1.807) is 41.9 Å². The molecule has 1 aliphatic heterocycles. The molecule has 2 amide bonds. The van der Waals surface area contributed by atoms with Gasteiger partial charge in [0.25, 0.3) is 11.8 Å². The summed E-state index contributed by atoms with van der Waals surface area (Å²) in [7, 11) is 1.69. The quantitative estimate of drug-likeness (QED) is 0.518. The number of rotatable bonds is 6. The lowest BCUT2D eigenvalue weighted by Crippen LogP contribution is -2.53. The van der Waals surface area contributed by atoms with Gasteiger partial charge in [0.1, 0.15) is 23.5 Å². The minimum atomic E-state index is -1.63. The Kier molecular flexibility index (Phi) is 5.54. The molecule has 2 heterocycles. The predicted molar refractivity (Wildman–Crippen MR) is 95.0 cm³/mol. The van der Waals surface area contributed by atoms with E-state index in [0.29, 0.717) is 11.3 Å². The summed E-state index contributed by atoms with van der Waals surface area (Å²) >= 11 is 0. The molecule has 1 aliphatic rings. The van der Waals surface area contributed by atoms with Crippen LogP contribution in [0.1, 0.15) is 20.8 Å². The number of carbonyl (C=O) groups is 2. The van der Waals surface area contributed by atoms with Gasteiger partial charge in [-0.15, -0.1) is 0 Å².